The van der Waals surface area contributed by atoms with E-state index in [1.807, 2.05) is 23.1 Å². The monoisotopic (exact) mass is 413 g/mol. The van der Waals surface area contributed by atoms with E-state index in [2.05, 4.69) is 27.7 Å². The van der Waals surface area contributed by atoms with Gasteiger partial charge in [0.1, 0.15) is 6.10 Å². The summed E-state index contributed by atoms with van der Waals surface area (Å²) in [6.07, 6.45) is 2.35. The summed E-state index contributed by atoms with van der Waals surface area (Å²) >= 11 is 1.80. The number of rotatable bonds is 6. The number of nitrogens with zero attached hydrogens (tertiary/aromatic N) is 2. The molecule has 1 aromatic carbocycles. The fraction of sp³-hybridized carbons (Fsp3) is 0.455. The smallest absolute Gasteiger partial charge is 0.254 e. The number of anilines is 1. The molecule has 29 heavy (non-hydrogen) atoms. The minimum atomic E-state index is -0.378. The van der Waals surface area contributed by atoms with E-state index in [9.17, 15) is 9.59 Å². The van der Waals surface area contributed by atoms with Crippen molar-refractivity contribution in [2.75, 3.05) is 44.6 Å². The van der Waals surface area contributed by atoms with Crippen molar-refractivity contribution in [1.29, 1.82) is 0 Å². The highest BCUT2D eigenvalue weighted by molar-refractivity contribution is 7.09. The number of hydrogen-bond acceptors (Lipinski definition) is 5. The Labute approximate surface area is 175 Å². The highest BCUT2D eigenvalue weighted by Gasteiger charge is 2.25. The van der Waals surface area contributed by atoms with E-state index in [0.29, 0.717) is 17.9 Å². The summed E-state index contributed by atoms with van der Waals surface area (Å²) < 4.78 is 5.42. The van der Waals surface area contributed by atoms with Gasteiger partial charge in [0.25, 0.3) is 11.8 Å². The van der Waals surface area contributed by atoms with Crippen LogP contribution in [-0.2, 0) is 16.0 Å². The van der Waals surface area contributed by atoms with Gasteiger partial charge in [0.15, 0.2) is 0 Å². The Morgan fingerprint density at radius 3 is 2.72 bits per heavy atom. The molecule has 4 rings (SSSR count). The molecule has 1 atom stereocenters. The maximum Gasteiger partial charge on any atom is 0.254 e. The summed E-state index contributed by atoms with van der Waals surface area (Å²) in [5.41, 5.74) is 1.26. The maximum absolute atomic E-state index is 12.9. The zero-order chi connectivity index (χ0) is 20.1. The molecule has 0 bridgehead atoms. The number of ether oxygens (including phenoxy) is 1. The second-order valence-electron chi connectivity index (χ2n) is 7.53. The maximum atomic E-state index is 12.9. The van der Waals surface area contributed by atoms with Crippen molar-refractivity contribution in [2.45, 2.75) is 25.4 Å². The van der Waals surface area contributed by atoms with Crippen molar-refractivity contribution in [3.8, 4) is 0 Å². The van der Waals surface area contributed by atoms with E-state index in [0.717, 1.165) is 52.0 Å². The van der Waals surface area contributed by atoms with Crippen molar-refractivity contribution >= 4 is 28.8 Å². The second kappa shape index (κ2) is 9.52. The summed E-state index contributed by atoms with van der Waals surface area (Å²) in [4.78, 5) is 30.9. The molecule has 1 N–H and O–H groups in total. The van der Waals surface area contributed by atoms with Crippen molar-refractivity contribution < 1.29 is 14.3 Å². The fourth-order valence-corrected chi connectivity index (χ4v) is 4.52. The molecule has 2 aromatic rings. The largest absolute Gasteiger partial charge is 0.368 e. The van der Waals surface area contributed by atoms with Crippen LogP contribution in [0.4, 0.5) is 5.69 Å². The predicted octanol–water partition coefficient (Wildman–Crippen LogP) is 2.87. The quantitative estimate of drug-likeness (QED) is 0.791. The summed E-state index contributed by atoms with van der Waals surface area (Å²) in [6, 6.07) is 11.5. The van der Waals surface area contributed by atoms with Gasteiger partial charge in [-0.3, -0.25) is 14.5 Å². The molecule has 2 saturated heterocycles. The number of piperazine rings is 1. The lowest BCUT2D eigenvalue weighted by atomic mass is 10.1. The van der Waals surface area contributed by atoms with E-state index in [1.165, 1.54) is 4.88 Å². The van der Waals surface area contributed by atoms with E-state index in [1.54, 1.807) is 17.4 Å². The van der Waals surface area contributed by atoms with Gasteiger partial charge in [-0.25, -0.2) is 0 Å². The first-order chi connectivity index (χ1) is 14.2. The number of amides is 2. The standard InChI is InChI=1S/C22H27N3O3S/c26-21(20-7-2-14-28-20)23-18-5-1-4-17(16-18)22(27)25-12-10-24(11-13-25)9-8-19-6-3-15-29-19/h1,3-6,15-16,20H,2,7-14H2,(H,23,26). The summed E-state index contributed by atoms with van der Waals surface area (Å²) in [7, 11) is 0. The Kier molecular flexibility index (Phi) is 6.59. The molecule has 0 aliphatic carbocycles. The van der Waals surface area contributed by atoms with Gasteiger partial charge in [0, 0.05) is 55.5 Å². The van der Waals surface area contributed by atoms with Crippen molar-refractivity contribution in [3.05, 3.63) is 52.2 Å². The van der Waals surface area contributed by atoms with Crippen molar-refractivity contribution in [2.24, 2.45) is 0 Å². The molecule has 2 amide bonds. The Bertz CT molecular complexity index is 826. The Balaban J connectivity index is 1.28. The third kappa shape index (κ3) is 5.23. The number of thiophene rings is 1. The van der Waals surface area contributed by atoms with Gasteiger partial charge in [-0.1, -0.05) is 12.1 Å². The van der Waals surface area contributed by atoms with Crippen LogP contribution in [0.1, 0.15) is 28.1 Å². The van der Waals surface area contributed by atoms with Crippen LogP contribution in [-0.4, -0.2) is 67.0 Å². The molecule has 154 valence electrons. The molecule has 2 aliphatic rings. The van der Waals surface area contributed by atoms with Crippen LogP contribution < -0.4 is 5.32 Å². The zero-order valence-corrected chi connectivity index (χ0v) is 17.3. The van der Waals surface area contributed by atoms with Gasteiger partial charge in [0.05, 0.1) is 0 Å². The molecule has 1 unspecified atom stereocenters. The fourth-order valence-electron chi connectivity index (χ4n) is 3.82. The third-order valence-electron chi connectivity index (χ3n) is 5.51. The van der Waals surface area contributed by atoms with Gasteiger partial charge in [-0.05, 0) is 48.9 Å². The SMILES string of the molecule is O=C(Nc1cccc(C(=O)N2CCN(CCc3cccs3)CC2)c1)C1CCCO1. The molecule has 2 aliphatic heterocycles. The van der Waals surface area contributed by atoms with Crippen molar-refractivity contribution in [1.82, 2.24) is 9.80 Å². The first-order valence-corrected chi connectivity index (χ1v) is 11.1. The van der Waals surface area contributed by atoms with E-state index in [-0.39, 0.29) is 17.9 Å². The summed E-state index contributed by atoms with van der Waals surface area (Å²) in [6.45, 7) is 4.92. The predicted molar refractivity (Wildman–Crippen MR) is 114 cm³/mol. The number of hydrogen-bond donors (Lipinski definition) is 1. The number of benzene rings is 1. The summed E-state index contributed by atoms with van der Waals surface area (Å²) in [5.74, 6) is -0.109. The van der Waals surface area contributed by atoms with Gasteiger partial charge in [-0.15, -0.1) is 11.3 Å². The lowest BCUT2D eigenvalue weighted by Crippen LogP contribution is -2.49. The van der Waals surface area contributed by atoms with Crippen LogP contribution in [0.25, 0.3) is 0 Å². The summed E-state index contributed by atoms with van der Waals surface area (Å²) in [5, 5.41) is 4.99. The molecular weight excluding hydrogens is 386 g/mol. The van der Waals surface area contributed by atoms with E-state index < -0.39 is 0 Å². The number of carbonyl (C=O) groups excluding carboxylic acids is 2. The molecule has 3 heterocycles. The molecule has 0 saturated carbocycles. The highest BCUT2D eigenvalue weighted by Crippen LogP contribution is 2.18. The molecular formula is C22H27N3O3S. The Morgan fingerprint density at radius 1 is 1.14 bits per heavy atom. The topological polar surface area (TPSA) is 61.9 Å². The van der Waals surface area contributed by atoms with Crippen LogP contribution in [0.2, 0.25) is 0 Å². The second-order valence-corrected chi connectivity index (χ2v) is 8.57. The van der Waals surface area contributed by atoms with Crippen LogP contribution in [0, 0.1) is 0 Å². The Hall–Kier alpha value is -2.22. The number of nitrogens with one attached hydrogen (secondary N) is 1. The van der Waals surface area contributed by atoms with E-state index >= 15 is 0 Å². The average molecular weight is 414 g/mol. The zero-order valence-electron chi connectivity index (χ0n) is 16.5. The molecule has 6 nitrogen and oxygen atoms in total. The first kappa shape index (κ1) is 20.1. The number of carbonyl (C=O) groups is 2. The Morgan fingerprint density at radius 2 is 2.00 bits per heavy atom. The van der Waals surface area contributed by atoms with Gasteiger partial charge < -0.3 is 15.0 Å². The minimum absolute atomic E-state index is 0.0242. The van der Waals surface area contributed by atoms with Crippen molar-refractivity contribution in [3.63, 3.8) is 0 Å². The minimum Gasteiger partial charge on any atom is -0.368 e. The van der Waals surface area contributed by atoms with Crippen LogP contribution >= 0.6 is 11.3 Å². The lowest BCUT2D eigenvalue weighted by molar-refractivity contribution is -0.124. The molecule has 7 heteroatoms. The third-order valence-corrected chi connectivity index (χ3v) is 6.45. The average Bonchev–Trinajstić information content (AvgIpc) is 3.46. The van der Waals surface area contributed by atoms with E-state index in [4.69, 9.17) is 4.74 Å². The lowest BCUT2D eigenvalue weighted by Gasteiger charge is -2.34. The first-order valence-electron chi connectivity index (χ1n) is 10.3. The van der Waals surface area contributed by atoms with Gasteiger partial charge >= 0.3 is 0 Å². The van der Waals surface area contributed by atoms with Crippen LogP contribution in [0.15, 0.2) is 41.8 Å². The molecule has 0 spiro atoms. The van der Waals surface area contributed by atoms with Gasteiger partial charge in [-0.2, -0.15) is 0 Å². The molecule has 0 radical (unpaired) electrons. The molecule has 1 aromatic heterocycles. The highest BCUT2D eigenvalue weighted by atomic mass is 32.1. The van der Waals surface area contributed by atoms with Gasteiger partial charge in [0.2, 0.25) is 0 Å². The molecule has 2 fully saturated rings. The normalized spacial score (nSPS) is 20.0. The van der Waals surface area contributed by atoms with Crippen LogP contribution in [0.5, 0.6) is 0 Å². The van der Waals surface area contributed by atoms with Crippen LogP contribution in [0.3, 0.4) is 0 Å².